The summed E-state index contributed by atoms with van der Waals surface area (Å²) in [6.07, 6.45) is 1.24. The van der Waals surface area contributed by atoms with Gasteiger partial charge in [0.2, 0.25) is 0 Å². The fraction of sp³-hybridized carbons (Fsp3) is 0.571. The highest BCUT2D eigenvalue weighted by molar-refractivity contribution is 5.78. The molecule has 1 N–H and O–H groups in total. The van der Waals surface area contributed by atoms with Crippen molar-refractivity contribution in [1.82, 2.24) is 0 Å². The minimum absolute atomic E-state index is 0.0381. The largest absolute Gasteiger partial charge is 0.380 e. The van der Waals surface area contributed by atoms with Crippen LogP contribution in [0.2, 0.25) is 0 Å². The Morgan fingerprint density at radius 2 is 1.91 bits per heavy atom. The first kappa shape index (κ1) is 17.8. The standard InChI is InChI=1S/C14H21N3O5/c1-5-6-10-7-12(16(18)19)13(15-9(2)3)14(17(20)21)11(10)8-22-4/h7,9,15H,5-6,8H2,1-4H3. The summed E-state index contributed by atoms with van der Waals surface area (Å²) in [5.74, 6) is 0. The Kier molecular flexibility index (Phi) is 6.24. The van der Waals surface area contributed by atoms with Crippen molar-refractivity contribution < 1.29 is 14.6 Å². The van der Waals surface area contributed by atoms with Gasteiger partial charge in [-0.25, -0.2) is 0 Å². The van der Waals surface area contributed by atoms with E-state index >= 15 is 0 Å². The predicted octanol–water partition coefficient (Wildman–Crippen LogP) is 3.42. The van der Waals surface area contributed by atoms with Gasteiger partial charge in [0, 0.05) is 19.2 Å². The van der Waals surface area contributed by atoms with E-state index in [1.54, 1.807) is 13.8 Å². The zero-order valence-electron chi connectivity index (χ0n) is 13.2. The van der Waals surface area contributed by atoms with Crippen LogP contribution in [-0.4, -0.2) is 23.0 Å². The number of hydrogen-bond donors (Lipinski definition) is 1. The first-order valence-electron chi connectivity index (χ1n) is 7.06. The Hall–Kier alpha value is -2.22. The Morgan fingerprint density at radius 1 is 1.27 bits per heavy atom. The third kappa shape index (κ3) is 3.91. The molecule has 8 heteroatoms. The van der Waals surface area contributed by atoms with Crippen LogP contribution in [0.25, 0.3) is 0 Å². The Balaban J connectivity index is 3.72. The molecule has 1 aromatic rings. The second-order valence-corrected chi connectivity index (χ2v) is 5.25. The third-order valence-electron chi connectivity index (χ3n) is 3.10. The first-order valence-corrected chi connectivity index (χ1v) is 7.06. The molecule has 0 heterocycles. The fourth-order valence-corrected chi connectivity index (χ4v) is 2.32. The predicted molar refractivity (Wildman–Crippen MR) is 83.2 cm³/mol. The molecule has 0 aliphatic heterocycles. The van der Waals surface area contributed by atoms with Crippen LogP contribution >= 0.6 is 0 Å². The molecule has 0 aromatic heterocycles. The van der Waals surface area contributed by atoms with E-state index in [0.29, 0.717) is 17.5 Å². The lowest BCUT2D eigenvalue weighted by Crippen LogP contribution is -2.15. The molecule has 0 saturated heterocycles. The second kappa shape index (κ2) is 7.69. The maximum absolute atomic E-state index is 11.5. The SMILES string of the molecule is CCCc1cc([N+](=O)[O-])c(NC(C)C)c([N+](=O)[O-])c1COC. The molecule has 0 saturated carbocycles. The minimum Gasteiger partial charge on any atom is -0.380 e. The van der Waals surface area contributed by atoms with Crippen molar-refractivity contribution >= 4 is 17.1 Å². The Morgan fingerprint density at radius 3 is 2.32 bits per heavy atom. The molecule has 0 bridgehead atoms. The highest BCUT2D eigenvalue weighted by Gasteiger charge is 2.32. The fourth-order valence-electron chi connectivity index (χ4n) is 2.32. The number of methoxy groups -OCH3 is 1. The van der Waals surface area contributed by atoms with E-state index in [1.165, 1.54) is 13.2 Å². The van der Waals surface area contributed by atoms with E-state index < -0.39 is 9.85 Å². The number of ether oxygens (including phenoxy) is 1. The van der Waals surface area contributed by atoms with Crippen molar-refractivity contribution in [2.75, 3.05) is 12.4 Å². The van der Waals surface area contributed by atoms with Crippen LogP contribution in [0.1, 0.15) is 38.3 Å². The van der Waals surface area contributed by atoms with E-state index in [1.807, 2.05) is 6.92 Å². The van der Waals surface area contributed by atoms with Crippen LogP contribution < -0.4 is 5.32 Å². The molecular formula is C14H21N3O5. The lowest BCUT2D eigenvalue weighted by molar-refractivity contribution is -0.393. The van der Waals surface area contributed by atoms with Crippen LogP contribution in [0.4, 0.5) is 17.1 Å². The maximum Gasteiger partial charge on any atom is 0.305 e. The van der Waals surface area contributed by atoms with Crippen LogP contribution in [0.3, 0.4) is 0 Å². The highest BCUT2D eigenvalue weighted by Crippen LogP contribution is 2.40. The molecule has 0 radical (unpaired) electrons. The van der Waals surface area contributed by atoms with Gasteiger partial charge in [0.25, 0.3) is 5.69 Å². The van der Waals surface area contributed by atoms with Crippen molar-refractivity contribution in [3.63, 3.8) is 0 Å². The number of benzene rings is 1. The number of nitro benzene ring substituents is 2. The van der Waals surface area contributed by atoms with Gasteiger partial charge in [-0.2, -0.15) is 0 Å². The monoisotopic (exact) mass is 311 g/mol. The van der Waals surface area contributed by atoms with Crippen LogP contribution in [0.5, 0.6) is 0 Å². The molecule has 1 rings (SSSR count). The number of hydrogen-bond acceptors (Lipinski definition) is 6. The topological polar surface area (TPSA) is 108 Å². The quantitative estimate of drug-likeness (QED) is 0.582. The smallest absolute Gasteiger partial charge is 0.305 e. The van der Waals surface area contributed by atoms with E-state index in [9.17, 15) is 20.2 Å². The van der Waals surface area contributed by atoms with Crippen LogP contribution in [0, 0.1) is 20.2 Å². The molecule has 0 unspecified atom stereocenters. The molecule has 22 heavy (non-hydrogen) atoms. The molecule has 122 valence electrons. The first-order chi connectivity index (χ1) is 10.3. The van der Waals surface area contributed by atoms with Crippen molar-refractivity contribution in [2.45, 2.75) is 46.3 Å². The Labute approximate surface area is 128 Å². The van der Waals surface area contributed by atoms with Gasteiger partial charge in [-0.15, -0.1) is 0 Å². The molecule has 0 fully saturated rings. The molecule has 0 aliphatic rings. The maximum atomic E-state index is 11.5. The van der Waals surface area contributed by atoms with Crippen molar-refractivity contribution in [3.8, 4) is 0 Å². The number of aryl methyl sites for hydroxylation is 1. The molecule has 1 aromatic carbocycles. The zero-order chi connectivity index (χ0) is 16.9. The van der Waals surface area contributed by atoms with Gasteiger partial charge in [0.1, 0.15) is 0 Å². The molecular weight excluding hydrogens is 290 g/mol. The number of anilines is 1. The van der Waals surface area contributed by atoms with Gasteiger partial charge in [0.15, 0.2) is 5.69 Å². The summed E-state index contributed by atoms with van der Waals surface area (Å²) in [5, 5.41) is 25.7. The van der Waals surface area contributed by atoms with Gasteiger partial charge in [-0.3, -0.25) is 20.2 Å². The van der Waals surface area contributed by atoms with E-state index in [4.69, 9.17) is 4.74 Å². The van der Waals surface area contributed by atoms with Crippen molar-refractivity contribution in [2.24, 2.45) is 0 Å². The second-order valence-electron chi connectivity index (χ2n) is 5.25. The lowest BCUT2D eigenvalue weighted by Gasteiger charge is -2.16. The van der Waals surface area contributed by atoms with Gasteiger partial charge in [-0.05, 0) is 25.8 Å². The molecule has 8 nitrogen and oxygen atoms in total. The van der Waals surface area contributed by atoms with Gasteiger partial charge in [-0.1, -0.05) is 13.3 Å². The van der Waals surface area contributed by atoms with E-state index in [0.717, 1.165) is 6.42 Å². The average Bonchev–Trinajstić information content (AvgIpc) is 2.40. The molecule has 0 aliphatic carbocycles. The summed E-state index contributed by atoms with van der Waals surface area (Å²) in [6, 6.07) is 1.24. The summed E-state index contributed by atoms with van der Waals surface area (Å²) in [6.45, 7) is 5.48. The Bertz CT molecular complexity index is 572. The van der Waals surface area contributed by atoms with E-state index in [-0.39, 0.29) is 29.7 Å². The summed E-state index contributed by atoms with van der Waals surface area (Å²) in [7, 11) is 1.44. The van der Waals surface area contributed by atoms with Gasteiger partial charge >= 0.3 is 5.69 Å². The highest BCUT2D eigenvalue weighted by atomic mass is 16.6. The number of rotatable bonds is 8. The van der Waals surface area contributed by atoms with Crippen molar-refractivity contribution in [1.29, 1.82) is 0 Å². The summed E-state index contributed by atoms with van der Waals surface area (Å²) >= 11 is 0. The van der Waals surface area contributed by atoms with Gasteiger partial charge < -0.3 is 10.1 Å². The summed E-state index contributed by atoms with van der Waals surface area (Å²) in [4.78, 5) is 21.7. The average molecular weight is 311 g/mol. The lowest BCUT2D eigenvalue weighted by atomic mass is 9.98. The van der Waals surface area contributed by atoms with E-state index in [2.05, 4.69) is 5.32 Å². The summed E-state index contributed by atoms with van der Waals surface area (Å²) < 4.78 is 5.06. The molecule has 0 amide bonds. The third-order valence-corrected chi connectivity index (χ3v) is 3.10. The molecule has 0 spiro atoms. The van der Waals surface area contributed by atoms with Crippen LogP contribution in [-0.2, 0) is 17.8 Å². The number of nitrogens with zero attached hydrogens (tertiary/aromatic N) is 2. The minimum atomic E-state index is -0.590. The molecule has 0 atom stereocenters. The summed E-state index contributed by atoms with van der Waals surface area (Å²) in [5.41, 5.74) is 0.369. The zero-order valence-corrected chi connectivity index (χ0v) is 13.2. The normalized spacial score (nSPS) is 10.8. The van der Waals surface area contributed by atoms with Gasteiger partial charge in [0.05, 0.1) is 22.0 Å². The van der Waals surface area contributed by atoms with Crippen LogP contribution in [0.15, 0.2) is 6.07 Å². The van der Waals surface area contributed by atoms with Crippen molar-refractivity contribution in [3.05, 3.63) is 37.4 Å². The number of nitro groups is 2. The number of nitrogens with one attached hydrogen (secondary N) is 1.